The number of esters is 1. The van der Waals surface area contributed by atoms with Crippen LogP contribution in [0.2, 0.25) is 0 Å². The normalized spacial score (nSPS) is 10.2. The molecule has 0 saturated heterocycles. The number of hydrogen-bond donors (Lipinski definition) is 1. The van der Waals surface area contributed by atoms with Crippen LogP contribution in [0.4, 0.5) is 0 Å². The third kappa shape index (κ3) is 3.41. The highest BCUT2D eigenvalue weighted by molar-refractivity contribution is 7.99. The molecule has 2 aromatic heterocycles. The summed E-state index contributed by atoms with van der Waals surface area (Å²) in [6, 6.07) is 4.55. The second kappa shape index (κ2) is 5.66. The summed E-state index contributed by atoms with van der Waals surface area (Å²) < 4.78 is 4.63. The Kier molecular flexibility index (Phi) is 3.96. The molecule has 19 heavy (non-hydrogen) atoms. The summed E-state index contributed by atoms with van der Waals surface area (Å²) in [6.07, 6.45) is 1.50. The number of carbonyl (C=O) groups is 1. The predicted molar refractivity (Wildman–Crippen MR) is 69.3 cm³/mol. The maximum Gasteiger partial charge on any atom is 0.337 e. The summed E-state index contributed by atoms with van der Waals surface area (Å²) in [6.45, 7) is 1.73. The van der Waals surface area contributed by atoms with Crippen LogP contribution in [0.5, 0.6) is 0 Å². The zero-order valence-electron chi connectivity index (χ0n) is 10.3. The molecule has 2 rings (SSSR count). The summed E-state index contributed by atoms with van der Waals surface area (Å²) in [5, 5.41) is 0.983. The molecular weight excluding hydrogens is 266 g/mol. The number of ether oxygens (including phenoxy) is 1. The van der Waals surface area contributed by atoms with E-state index in [4.69, 9.17) is 0 Å². The van der Waals surface area contributed by atoms with Crippen LogP contribution in [0.1, 0.15) is 16.1 Å². The molecule has 0 radical (unpaired) electrons. The molecule has 0 saturated carbocycles. The van der Waals surface area contributed by atoms with Crippen LogP contribution in [0.3, 0.4) is 0 Å². The lowest BCUT2D eigenvalue weighted by molar-refractivity contribution is 0.0600. The molecule has 0 spiro atoms. The van der Waals surface area contributed by atoms with E-state index in [0.717, 1.165) is 0 Å². The monoisotopic (exact) mass is 277 g/mol. The van der Waals surface area contributed by atoms with Crippen molar-refractivity contribution < 1.29 is 9.53 Å². The van der Waals surface area contributed by atoms with Gasteiger partial charge in [-0.25, -0.2) is 14.8 Å². The fourth-order valence-corrected chi connectivity index (χ4v) is 2.25. The Bertz CT molecular complexity index is 669. The van der Waals surface area contributed by atoms with Gasteiger partial charge < -0.3 is 9.72 Å². The fourth-order valence-electron chi connectivity index (χ4n) is 1.41. The van der Waals surface area contributed by atoms with Gasteiger partial charge in [0.2, 0.25) is 0 Å². The molecule has 0 amide bonds. The quantitative estimate of drug-likeness (QED) is 0.674. The number of nitrogens with one attached hydrogen (secondary N) is 1. The minimum atomic E-state index is -0.435. The average molecular weight is 277 g/mol. The van der Waals surface area contributed by atoms with Crippen molar-refractivity contribution in [3.8, 4) is 0 Å². The maximum absolute atomic E-state index is 11.4. The summed E-state index contributed by atoms with van der Waals surface area (Å²) >= 11 is 1.17. The van der Waals surface area contributed by atoms with Crippen LogP contribution in [-0.4, -0.2) is 28.0 Å². The van der Waals surface area contributed by atoms with E-state index < -0.39 is 5.97 Å². The average Bonchev–Trinajstić information content (AvgIpc) is 2.37. The van der Waals surface area contributed by atoms with Crippen molar-refractivity contribution in [3.63, 3.8) is 0 Å². The molecular formula is C12H11N3O3S. The van der Waals surface area contributed by atoms with Crippen molar-refractivity contribution in [3.05, 3.63) is 46.0 Å². The fraction of sp³-hybridized carbons (Fsp3) is 0.167. The number of methoxy groups -OCH3 is 1. The molecule has 98 valence electrons. The van der Waals surface area contributed by atoms with Gasteiger partial charge in [-0.3, -0.25) is 4.79 Å². The van der Waals surface area contributed by atoms with Crippen LogP contribution in [0.15, 0.2) is 39.4 Å². The van der Waals surface area contributed by atoms with Crippen molar-refractivity contribution in [2.24, 2.45) is 0 Å². The van der Waals surface area contributed by atoms with Crippen molar-refractivity contribution in [1.82, 2.24) is 15.0 Å². The zero-order valence-corrected chi connectivity index (χ0v) is 11.2. The van der Waals surface area contributed by atoms with Crippen molar-refractivity contribution in [2.75, 3.05) is 7.11 Å². The van der Waals surface area contributed by atoms with Gasteiger partial charge >= 0.3 is 5.97 Å². The molecule has 0 aromatic carbocycles. The Balaban J connectivity index is 2.28. The minimum Gasteiger partial charge on any atom is -0.465 e. The highest BCUT2D eigenvalue weighted by Gasteiger charge is 2.08. The lowest BCUT2D eigenvalue weighted by Gasteiger charge is -2.03. The van der Waals surface area contributed by atoms with Crippen LogP contribution >= 0.6 is 11.8 Å². The van der Waals surface area contributed by atoms with Gasteiger partial charge in [0, 0.05) is 18.0 Å². The third-order valence-electron chi connectivity index (χ3n) is 2.21. The Hall–Kier alpha value is -2.15. The van der Waals surface area contributed by atoms with Gasteiger partial charge in [0.1, 0.15) is 5.03 Å². The van der Waals surface area contributed by atoms with Crippen LogP contribution < -0.4 is 5.56 Å². The lowest BCUT2D eigenvalue weighted by Crippen LogP contribution is -2.08. The van der Waals surface area contributed by atoms with E-state index in [0.29, 0.717) is 21.4 Å². The minimum absolute atomic E-state index is 0.223. The molecule has 0 aliphatic carbocycles. The molecule has 0 unspecified atom stereocenters. The topological polar surface area (TPSA) is 84.9 Å². The van der Waals surface area contributed by atoms with Gasteiger partial charge in [-0.2, -0.15) is 0 Å². The number of hydrogen-bond acceptors (Lipinski definition) is 6. The van der Waals surface area contributed by atoms with E-state index in [1.165, 1.54) is 31.1 Å². The van der Waals surface area contributed by atoms with E-state index in [2.05, 4.69) is 19.7 Å². The van der Waals surface area contributed by atoms with Crippen molar-refractivity contribution in [2.45, 2.75) is 17.1 Å². The highest BCUT2D eigenvalue weighted by Crippen LogP contribution is 2.22. The van der Waals surface area contributed by atoms with E-state index in [-0.39, 0.29) is 5.56 Å². The first kappa shape index (κ1) is 13.3. The van der Waals surface area contributed by atoms with Gasteiger partial charge in [-0.15, -0.1) is 0 Å². The number of carbonyl (C=O) groups excluding carboxylic acids is 1. The number of pyridine rings is 1. The van der Waals surface area contributed by atoms with Crippen LogP contribution in [0, 0.1) is 6.92 Å². The van der Waals surface area contributed by atoms with E-state index in [1.54, 1.807) is 19.1 Å². The van der Waals surface area contributed by atoms with Gasteiger partial charge in [-0.05, 0) is 30.8 Å². The van der Waals surface area contributed by atoms with Crippen LogP contribution in [0.25, 0.3) is 0 Å². The van der Waals surface area contributed by atoms with Gasteiger partial charge in [0.15, 0.2) is 5.16 Å². The Morgan fingerprint density at radius 1 is 1.42 bits per heavy atom. The molecule has 7 heteroatoms. The molecule has 1 N–H and O–H groups in total. The Morgan fingerprint density at radius 3 is 2.89 bits per heavy atom. The number of aromatic amines is 1. The van der Waals surface area contributed by atoms with E-state index >= 15 is 0 Å². The highest BCUT2D eigenvalue weighted by atomic mass is 32.2. The first-order valence-electron chi connectivity index (χ1n) is 5.38. The van der Waals surface area contributed by atoms with E-state index in [1.807, 2.05) is 0 Å². The van der Waals surface area contributed by atoms with E-state index in [9.17, 15) is 9.59 Å². The summed E-state index contributed by atoms with van der Waals surface area (Å²) in [4.78, 5) is 33.6. The zero-order chi connectivity index (χ0) is 13.8. The molecule has 2 heterocycles. The SMILES string of the molecule is COC(=O)c1ccnc(Sc2nc(C)cc(=O)[nH]2)c1. The standard InChI is InChI=1S/C12H11N3O3S/c1-7-5-9(16)15-12(14-7)19-10-6-8(3-4-13-10)11(17)18-2/h3-6H,1-2H3,(H,14,15,16). The third-order valence-corrected chi connectivity index (χ3v) is 3.02. The number of H-pyrrole nitrogens is 1. The number of aryl methyl sites for hydroxylation is 1. The second-order valence-electron chi connectivity index (χ2n) is 3.67. The molecule has 0 atom stereocenters. The first-order valence-corrected chi connectivity index (χ1v) is 6.20. The molecule has 0 bridgehead atoms. The Morgan fingerprint density at radius 2 is 2.21 bits per heavy atom. The van der Waals surface area contributed by atoms with Crippen molar-refractivity contribution in [1.29, 1.82) is 0 Å². The molecule has 2 aromatic rings. The predicted octanol–water partition coefficient (Wildman–Crippen LogP) is 1.41. The molecule has 6 nitrogen and oxygen atoms in total. The first-order chi connectivity index (χ1) is 9.08. The second-order valence-corrected chi connectivity index (χ2v) is 4.68. The Labute approximate surface area is 113 Å². The molecule has 0 aliphatic rings. The van der Waals surface area contributed by atoms with Gasteiger partial charge in [-0.1, -0.05) is 0 Å². The van der Waals surface area contributed by atoms with Gasteiger partial charge in [0.05, 0.1) is 12.7 Å². The van der Waals surface area contributed by atoms with Crippen LogP contribution in [-0.2, 0) is 4.74 Å². The summed E-state index contributed by atoms with van der Waals surface area (Å²) in [5.41, 5.74) is 0.796. The summed E-state index contributed by atoms with van der Waals surface area (Å²) in [5.74, 6) is -0.435. The number of nitrogens with zero attached hydrogens (tertiary/aromatic N) is 2. The maximum atomic E-state index is 11.4. The van der Waals surface area contributed by atoms with Crippen molar-refractivity contribution >= 4 is 17.7 Å². The molecule has 0 fully saturated rings. The number of aromatic nitrogens is 3. The summed E-state index contributed by atoms with van der Waals surface area (Å²) in [7, 11) is 1.31. The van der Waals surface area contributed by atoms with Gasteiger partial charge in [0.25, 0.3) is 5.56 Å². The lowest BCUT2D eigenvalue weighted by atomic mass is 10.3. The largest absolute Gasteiger partial charge is 0.465 e. The molecule has 0 aliphatic heterocycles. The number of rotatable bonds is 3. The smallest absolute Gasteiger partial charge is 0.337 e.